The highest BCUT2D eigenvalue weighted by Gasteiger charge is 2.55. The predicted molar refractivity (Wildman–Crippen MR) is 91.8 cm³/mol. The summed E-state index contributed by atoms with van der Waals surface area (Å²) in [7, 11) is 0. The summed E-state index contributed by atoms with van der Waals surface area (Å²) in [6.07, 6.45) is 7.10. The van der Waals surface area contributed by atoms with E-state index in [4.69, 9.17) is 9.78 Å². The van der Waals surface area contributed by atoms with E-state index in [9.17, 15) is 9.90 Å². The summed E-state index contributed by atoms with van der Waals surface area (Å²) >= 11 is 0. The summed E-state index contributed by atoms with van der Waals surface area (Å²) in [5, 5.41) is 9.78. The molecule has 0 aromatic heterocycles. The van der Waals surface area contributed by atoms with Gasteiger partial charge in [-0.1, -0.05) is 39.3 Å². The van der Waals surface area contributed by atoms with Crippen LogP contribution in [0.25, 0.3) is 0 Å². The Morgan fingerprint density at radius 1 is 1.29 bits per heavy atom. The number of hydrogen-bond donors (Lipinski definition) is 1. The second-order valence-corrected chi connectivity index (χ2v) is 8.75. The lowest BCUT2D eigenvalue weighted by Gasteiger charge is -2.58. The van der Waals surface area contributed by atoms with Crippen LogP contribution in [0.5, 0.6) is 0 Å². The van der Waals surface area contributed by atoms with Gasteiger partial charge in [0.05, 0.1) is 0 Å². The van der Waals surface area contributed by atoms with Crippen molar-refractivity contribution >= 4 is 6.29 Å². The van der Waals surface area contributed by atoms with Crippen molar-refractivity contribution in [2.45, 2.75) is 71.7 Å². The van der Waals surface area contributed by atoms with Crippen molar-refractivity contribution in [2.75, 3.05) is 0 Å². The maximum absolute atomic E-state index is 11.3. The average molecular weight is 334 g/mol. The van der Waals surface area contributed by atoms with Crippen molar-refractivity contribution in [2.24, 2.45) is 22.7 Å². The van der Waals surface area contributed by atoms with Crippen LogP contribution in [0.3, 0.4) is 0 Å². The van der Waals surface area contributed by atoms with E-state index in [0.717, 1.165) is 19.1 Å². The lowest BCUT2D eigenvalue weighted by Crippen LogP contribution is -2.52. The minimum atomic E-state index is -1.09. The number of aliphatic hydroxyl groups excluding tert-OH is 1. The lowest BCUT2D eigenvalue weighted by atomic mass is 9.47. The molecule has 4 heteroatoms. The molecule has 0 bridgehead atoms. The number of fused-ring (bicyclic) bond motifs is 1. The molecule has 0 spiro atoms. The predicted octanol–water partition coefficient (Wildman–Crippen LogP) is 3.95. The van der Waals surface area contributed by atoms with E-state index in [0.29, 0.717) is 16.9 Å². The fourth-order valence-electron chi connectivity index (χ4n) is 5.73. The lowest BCUT2D eigenvalue weighted by molar-refractivity contribution is -0.389. The van der Waals surface area contributed by atoms with E-state index in [1.807, 2.05) is 6.08 Å². The molecule has 1 heterocycles. The Bertz CT molecular complexity index is 550. The van der Waals surface area contributed by atoms with Gasteiger partial charge in [0.2, 0.25) is 0 Å². The third kappa shape index (κ3) is 3.00. The normalized spacial score (nSPS) is 42.7. The van der Waals surface area contributed by atoms with Crippen LogP contribution in [0.4, 0.5) is 0 Å². The first-order chi connectivity index (χ1) is 11.3. The Labute approximate surface area is 144 Å². The van der Waals surface area contributed by atoms with Gasteiger partial charge in [-0.15, -0.1) is 0 Å². The Balaban J connectivity index is 1.97. The number of hydrogen-bond acceptors (Lipinski definition) is 4. The van der Waals surface area contributed by atoms with Gasteiger partial charge in [0.1, 0.15) is 12.4 Å². The zero-order valence-corrected chi connectivity index (χ0v) is 15.1. The van der Waals surface area contributed by atoms with Crippen molar-refractivity contribution in [3.05, 3.63) is 23.8 Å². The van der Waals surface area contributed by atoms with Crippen molar-refractivity contribution in [3.8, 4) is 0 Å². The molecule has 134 valence electrons. The number of rotatable bonds is 2. The molecular formula is C20H30O4. The van der Waals surface area contributed by atoms with Crippen molar-refractivity contribution in [1.82, 2.24) is 0 Å². The second kappa shape index (κ2) is 6.40. The maximum atomic E-state index is 11.3. The van der Waals surface area contributed by atoms with E-state index in [2.05, 4.69) is 27.4 Å². The zero-order chi connectivity index (χ0) is 17.5. The van der Waals surface area contributed by atoms with Gasteiger partial charge in [-0.25, -0.2) is 9.78 Å². The van der Waals surface area contributed by atoms with E-state index in [1.165, 1.54) is 24.8 Å². The minimum absolute atomic E-state index is 0.0743. The third-order valence-corrected chi connectivity index (χ3v) is 6.73. The Morgan fingerprint density at radius 2 is 2.04 bits per heavy atom. The van der Waals surface area contributed by atoms with Crippen LogP contribution in [0.1, 0.15) is 59.3 Å². The molecule has 3 rings (SSSR count). The largest absolute Gasteiger partial charge is 0.365 e. The monoisotopic (exact) mass is 334 g/mol. The fourth-order valence-corrected chi connectivity index (χ4v) is 5.73. The van der Waals surface area contributed by atoms with Crippen LogP contribution in [-0.4, -0.2) is 23.8 Å². The van der Waals surface area contributed by atoms with Crippen LogP contribution in [0, 0.1) is 22.7 Å². The average Bonchev–Trinajstić information content (AvgIpc) is 2.67. The van der Waals surface area contributed by atoms with Gasteiger partial charge < -0.3 is 5.11 Å². The van der Waals surface area contributed by atoms with E-state index < -0.39 is 6.29 Å². The smallest absolute Gasteiger partial charge is 0.192 e. The molecule has 2 saturated carbocycles. The summed E-state index contributed by atoms with van der Waals surface area (Å²) in [6, 6.07) is 0. The van der Waals surface area contributed by atoms with Crippen LogP contribution in [-0.2, 0) is 14.6 Å². The molecule has 0 unspecified atom stereocenters. The molecule has 0 aromatic carbocycles. The maximum Gasteiger partial charge on any atom is 0.192 e. The van der Waals surface area contributed by atoms with Gasteiger partial charge in [0, 0.05) is 12.3 Å². The fraction of sp³-hybridized carbons (Fsp3) is 0.750. The summed E-state index contributed by atoms with van der Waals surface area (Å²) in [5.74, 6) is 0.704. The summed E-state index contributed by atoms with van der Waals surface area (Å²) in [5.41, 5.74) is 2.09. The molecule has 24 heavy (non-hydrogen) atoms. The zero-order valence-electron chi connectivity index (χ0n) is 15.1. The molecule has 0 saturated heterocycles. The first-order valence-electron chi connectivity index (χ1n) is 9.11. The van der Waals surface area contributed by atoms with Crippen LogP contribution in [0.15, 0.2) is 23.8 Å². The standard InChI is InChI=1S/C20H30O4/c1-13-6-7-16-19(2,3)8-5-9-20(16,4)18(13)15-10-14(12-21)11-17(22)24-23-15/h10,12,15-18,22H,1,5-9,11H2,2-4H3/t15-,16+,17+,18-,20+/m1/s1. The quantitative estimate of drug-likeness (QED) is 0.472. The van der Waals surface area contributed by atoms with Gasteiger partial charge in [-0.3, -0.25) is 4.79 Å². The van der Waals surface area contributed by atoms with Crippen molar-refractivity contribution in [3.63, 3.8) is 0 Å². The Hall–Kier alpha value is -0.970. The molecule has 2 fully saturated rings. The molecule has 5 atom stereocenters. The summed E-state index contributed by atoms with van der Waals surface area (Å²) in [6.45, 7) is 11.4. The molecule has 0 radical (unpaired) electrons. The Kier molecular flexibility index (Phi) is 4.75. The van der Waals surface area contributed by atoms with Crippen LogP contribution < -0.4 is 0 Å². The van der Waals surface area contributed by atoms with Crippen LogP contribution in [0.2, 0.25) is 0 Å². The van der Waals surface area contributed by atoms with Gasteiger partial charge in [-0.2, -0.15) is 0 Å². The highest BCUT2D eigenvalue weighted by Crippen LogP contribution is 2.62. The molecule has 3 aliphatic rings. The van der Waals surface area contributed by atoms with Crippen molar-refractivity contribution < 1.29 is 19.7 Å². The highest BCUT2D eigenvalue weighted by atomic mass is 17.2. The molecular weight excluding hydrogens is 304 g/mol. The molecule has 0 aromatic rings. The first kappa shape index (κ1) is 17.8. The first-order valence-corrected chi connectivity index (χ1v) is 9.11. The molecule has 0 amide bonds. The van der Waals surface area contributed by atoms with Crippen molar-refractivity contribution in [1.29, 1.82) is 0 Å². The summed E-state index contributed by atoms with van der Waals surface area (Å²) in [4.78, 5) is 22.0. The molecule has 1 aliphatic heterocycles. The second-order valence-electron chi connectivity index (χ2n) is 8.75. The number of carbonyl (C=O) groups excluding carboxylic acids is 1. The molecule has 2 aliphatic carbocycles. The molecule has 1 N–H and O–H groups in total. The third-order valence-electron chi connectivity index (χ3n) is 6.73. The Morgan fingerprint density at radius 3 is 2.75 bits per heavy atom. The number of aldehydes is 1. The molecule has 4 nitrogen and oxygen atoms in total. The highest BCUT2D eigenvalue weighted by molar-refractivity contribution is 5.73. The summed E-state index contributed by atoms with van der Waals surface area (Å²) < 4.78 is 0. The van der Waals surface area contributed by atoms with Gasteiger partial charge in [-0.05, 0) is 54.1 Å². The van der Waals surface area contributed by atoms with Gasteiger partial charge in [0.15, 0.2) is 6.29 Å². The van der Waals surface area contributed by atoms with Gasteiger partial charge in [0.25, 0.3) is 0 Å². The topological polar surface area (TPSA) is 55.8 Å². The van der Waals surface area contributed by atoms with Gasteiger partial charge >= 0.3 is 0 Å². The van der Waals surface area contributed by atoms with E-state index in [1.54, 1.807) is 0 Å². The minimum Gasteiger partial charge on any atom is -0.365 e. The SMILES string of the molecule is C=C1CC[C@H]2C(C)(C)CCC[C@]2(C)[C@H]1[C@H]1C=C(C=O)C[C@@H](O)OO1. The number of aliphatic hydroxyl groups is 1. The van der Waals surface area contributed by atoms with E-state index in [-0.39, 0.29) is 23.9 Å². The number of carbonyl (C=O) groups is 1. The van der Waals surface area contributed by atoms with Crippen LogP contribution >= 0.6 is 0 Å². The van der Waals surface area contributed by atoms with E-state index >= 15 is 0 Å².